The first-order chi connectivity index (χ1) is 6.25. The number of hydrogen-bond donors (Lipinski definition) is 1. The summed E-state index contributed by atoms with van der Waals surface area (Å²) in [6.07, 6.45) is 4.57. The molecule has 0 radical (unpaired) electrons. The second kappa shape index (κ2) is 3.66. The molecule has 2 fully saturated rings. The Morgan fingerprint density at radius 3 is 2.77 bits per heavy atom. The Bertz CT molecular complexity index is 205. The van der Waals surface area contributed by atoms with Crippen LogP contribution in [-0.4, -0.2) is 24.7 Å². The molecular formula is C10H17NO2. The quantitative estimate of drug-likeness (QED) is 0.651. The molecule has 3 nitrogen and oxygen atoms in total. The van der Waals surface area contributed by atoms with Crippen molar-refractivity contribution in [2.75, 3.05) is 6.61 Å². The highest BCUT2D eigenvalue weighted by Gasteiger charge is 2.30. The molecule has 1 saturated carbocycles. The van der Waals surface area contributed by atoms with Crippen LogP contribution in [0, 0.1) is 5.92 Å². The van der Waals surface area contributed by atoms with Crippen LogP contribution in [0.1, 0.15) is 32.6 Å². The maximum Gasteiger partial charge on any atom is 0.323 e. The largest absolute Gasteiger partial charge is 0.464 e. The summed E-state index contributed by atoms with van der Waals surface area (Å²) < 4.78 is 4.90. The van der Waals surface area contributed by atoms with Crippen LogP contribution < -0.4 is 5.32 Å². The maximum absolute atomic E-state index is 11.2. The molecule has 74 valence electrons. The molecule has 13 heavy (non-hydrogen) atoms. The topological polar surface area (TPSA) is 38.3 Å². The van der Waals surface area contributed by atoms with Crippen molar-refractivity contribution in [3.05, 3.63) is 0 Å². The summed E-state index contributed by atoms with van der Waals surface area (Å²) >= 11 is 0. The van der Waals surface area contributed by atoms with E-state index in [-0.39, 0.29) is 12.0 Å². The first-order valence-corrected chi connectivity index (χ1v) is 5.18. The normalized spacial score (nSPS) is 39.5. The molecule has 1 heterocycles. The van der Waals surface area contributed by atoms with E-state index >= 15 is 0 Å². The second-order valence-corrected chi connectivity index (χ2v) is 4.29. The predicted molar refractivity (Wildman–Crippen MR) is 49.3 cm³/mol. The molecule has 0 spiro atoms. The Morgan fingerprint density at radius 2 is 2.23 bits per heavy atom. The Balaban J connectivity index is 1.81. The van der Waals surface area contributed by atoms with Crippen molar-refractivity contribution in [2.24, 2.45) is 5.92 Å². The van der Waals surface area contributed by atoms with Gasteiger partial charge in [-0.1, -0.05) is 6.92 Å². The van der Waals surface area contributed by atoms with Crippen molar-refractivity contribution in [3.8, 4) is 0 Å². The third kappa shape index (κ3) is 2.02. The minimum absolute atomic E-state index is 0.0182. The smallest absolute Gasteiger partial charge is 0.323 e. The number of rotatable bonds is 2. The Labute approximate surface area is 78.8 Å². The summed E-state index contributed by atoms with van der Waals surface area (Å²) in [6, 6.07) is 0.529. The van der Waals surface area contributed by atoms with Crippen molar-refractivity contribution < 1.29 is 9.53 Å². The summed E-state index contributed by atoms with van der Waals surface area (Å²) in [4.78, 5) is 11.2. The molecule has 1 N–H and O–H groups in total. The Morgan fingerprint density at radius 1 is 1.38 bits per heavy atom. The summed E-state index contributed by atoms with van der Waals surface area (Å²) in [7, 11) is 0. The highest BCUT2D eigenvalue weighted by atomic mass is 16.5. The van der Waals surface area contributed by atoms with Gasteiger partial charge in [0, 0.05) is 12.5 Å². The van der Waals surface area contributed by atoms with Gasteiger partial charge in [0.1, 0.15) is 6.04 Å². The maximum atomic E-state index is 11.2. The van der Waals surface area contributed by atoms with Crippen molar-refractivity contribution >= 4 is 5.97 Å². The monoisotopic (exact) mass is 183 g/mol. The van der Waals surface area contributed by atoms with Crippen LogP contribution in [-0.2, 0) is 9.53 Å². The SMILES string of the molecule is CC1CCC(NC2CCOC2=O)C1. The fourth-order valence-electron chi connectivity index (χ4n) is 2.29. The van der Waals surface area contributed by atoms with Crippen LogP contribution in [0.2, 0.25) is 0 Å². The van der Waals surface area contributed by atoms with Crippen molar-refractivity contribution in [2.45, 2.75) is 44.7 Å². The fraction of sp³-hybridized carbons (Fsp3) is 0.900. The van der Waals surface area contributed by atoms with Crippen LogP contribution in [0.4, 0.5) is 0 Å². The van der Waals surface area contributed by atoms with Gasteiger partial charge in [0.05, 0.1) is 6.61 Å². The van der Waals surface area contributed by atoms with Crippen LogP contribution in [0.5, 0.6) is 0 Å². The minimum Gasteiger partial charge on any atom is -0.464 e. The predicted octanol–water partition coefficient (Wildman–Crippen LogP) is 1.08. The lowest BCUT2D eigenvalue weighted by Crippen LogP contribution is -2.39. The molecule has 1 aliphatic heterocycles. The fourth-order valence-corrected chi connectivity index (χ4v) is 2.29. The van der Waals surface area contributed by atoms with Crippen molar-refractivity contribution in [1.29, 1.82) is 0 Å². The molecule has 1 aliphatic carbocycles. The number of ether oxygens (including phenoxy) is 1. The zero-order valence-corrected chi connectivity index (χ0v) is 8.08. The van der Waals surface area contributed by atoms with Gasteiger partial charge in [0.25, 0.3) is 0 Å². The second-order valence-electron chi connectivity index (χ2n) is 4.29. The van der Waals surface area contributed by atoms with E-state index < -0.39 is 0 Å². The van der Waals surface area contributed by atoms with E-state index in [4.69, 9.17) is 4.74 Å². The van der Waals surface area contributed by atoms with Crippen LogP contribution in [0.15, 0.2) is 0 Å². The molecule has 0 aromatic heterocycles. The minimum atomic E-state index is -0.0560. The summed E-state index contributed by atoms with van der Waals surface area (Å²) in [5, 5.41) is 3.38. The molecule has 2 aliphatic rings. The standard InChI is InChI=1S/C10H17NO2/c1-7-2-3-8(6-7)11-9-4-5-13-10(9)12/h7-9,11H,2-6H2,1H3. The van der Waals surface area contributed by atoms with Gasteiger partial charge in [0.2, 0.25) is 0 Å². The molecule has 1 saturated heterocycles. The average Bonchev–Trinajstić information content (AvgIpc) is 2.64. The van der Waals surface area contributed by atoms with E-state index in [1.807, 2.05) is 0 Å². The van der Waals surface area contributed by atoms with Gasteiger partial charge in [-0.25, -0.2) is 0 Å². The highest BCUT2D eigenvalue weighted by molar-refractivity contribution is 5.77. The van der Waals surface area contributed by atoms with Crippen molar-refractivity contribution in [1.82, 2.24) is 5.32 Å². The van der Waals surface area contributed by atoms with E-state index in [0.29, 0.717) is 12.6 Å². The molecule has 3 unspecified atom stereocenters. The first-order valence-electron chi connectivity index (χ1n) is 5.18. The summed E-state index contributed by atoms with van der Waals surface area (Å²) in [5.74, 6) is 0.759. The number of esters is 1. The number of nitrogens with one attached hydrogen (secondary N) is 1. The number of carbonyl (C=O) groups excluding carboxylic acids is 1. The third-order valence-corrected chi connectivity index (χ3v) is 3.07. The zero-order chi connectivity index (χ0) is 9.26. The lowest BCUT2D eigenvalue weighted by atomic mass is 10.1. The van der Waals surface area contributed by atoms with Gasteiger partial charge in [0.15, 0.2) is 0 Å². The van der Waals surface area contributed by atoms with Crippen LogP contribution in [0.25, 0.3) is 0 Å². The van der Waals surface area contributed by atoms with Gasteiger partial charge in [-0.3, -0.25) is 4.79 Å². The first kappa shape index (κ1) is 9.00. The van der Waals surface area contributed by atoms with E-state index in [0.717, 1.165) is 12.3 Å². The van der Waals surface area contributed by atoms with Crippen LogP contribution in [0.3, 0.4) is 0 Å². The zero-order valence-electron chi connectivity index (χ0n) is 8.08. The van der Waals surface area contributed by atoms with Gasteiger partial charge in [-0.05, 0) is 25.2 Å². The molecule has 2 rings (SSSR count). The summed E-state index contributed by atoms with van der Waals surface area (Å²) in [5.41, 5.74) is 0. The van der Waals surface area contributed by atoms with E-state index in [1.165, 1.54) is 19.3 Å². The number of hydrogen-bond acceptors (Lipinski definition) is 3. The lowest BCUT2D eigenvalue weighted by molar-refractivity contribution is -0.139. The Hall–Kier alpha value is -0.570. The van der Waals surface area contributed by atoms with Gasteiger partial charge in [-0.15, -0.1) is 0 Å². The van der Waals surface area contributed by atoms with Crippen LogP contribution >= 0.6 is 0 Å². The molecule has 3 heteroatoms. The molecule has 0 bridgehead atoms. The molecule has 3 atom stereocenters. The summed E-state index contributed by atoms with van der Waals surface area (Å²) in [6.45, 7) is 2.87. The van der Waals surface area contributed by atoms with Gasteiger partial charge < -0.3 is 10.1 Å². The number of cyclic esters (lactones) is 1. The van der Waals surface area contributed by atoms with Gasteiger partial charge >= 0.3 is 5.97 Å². The van der Waals surface area contributed by atoms with E-state index in [1.54, 1.807) is 0 Å². The molecule has 0 amide bonds. The third-order valence-electron chi connectivity index (χ3n) is 3.07. The van der Waals surface area contributed by atoms with E-state index in [9.17, 15) is 4.79 Å². The molecule has 0 aromatic carbocycles. The van der Waals surface area contributed by atoms with Crippen molar-refractivity contribution in [3.63, 3.8) is 0 Å². The Kier molecular flexibility index (Phi) is 2.54. The van der Waals surface area contributed by atoms with E-state index in [2.05, 4.69) is 12.2 Å². The average molecular weight is 183 g/mol. The molecular weight excluding hydrogens is 166 g/mol. The highest BCUT2D eigenvalue weighted by Crippen LogP contribution is 2.25. The number of carbonyl (C=O) groups is 1. The molecule has 0 aromatic rings. The lowest BCUT2D eigenvalue weighted by Gasteiger charge is -2.15. The van der Waals surface area contributed by atoms with Gasteiger partial charge in [-0.2, -0.15) is 0 Å².